The van der Waals surface area contributed by atoms with Gasteiger partial charge in [-0.15, -0.1) is 0 Å². The minimum absolute atomic E-state index is 0.163. The van der Waals surface area contributed by atoms with Gasteiger partial charge < -0.3 is 0 Å². The van der Waals surface area contributed by atoms with Crippen LogP contribution in [-0.4, -0.2) is 0 Å². The van der Waals surface area contributed by atoms with Crippen LogP contribution < -0.4 is 0 Å². The van der Waals surface area contributed by atoms with E-state index in [0.717, 1.165) is 0 Å². The Bertz CT molecular complexity index is 209. The predicted molar refractivity (Wildman–Crippen MR) is 41.3 cm³/mol. The number of halogens is 1. The van der Waals surface area contributed by atoms with E-state index in [4.69, 9.17) is 0 Å². The van der Waals surface area contributed by atoms with Gasteiger partial charge in [-0.05, 0) is 25.0 Å². The van der Waals surface area contributed by atoms with Crippen LogP contribution >= 0.6 is 0 Å². The van der Waals surface area contributed by atoms with E-state index in [2.05, 4.69) is 6.92 Å². The van der Waals surface area contributed by atoms with Crippen molar-refractivity contribution in [2.45, 2.75) is 13.8 Å². The van der Waals surface area contributed by atoms with Crippen LogP contribution in [0.1, 0.15) is 13.8 Å². The molecule has 1 aliphatic rings. The van der Waals surface area contributed by atoms with Gasteiger partial charge in [0.1, 0.15) is 5.83 Å². The van der Waals surface area contributed by atoms with Gasteiger partial charge in [0.05, 0.1) is 0 Å². The standard InChI is InChI=1S/C9H11F/c1-7-3-5-9(10)6-4-8(7)2/h3-7H,1-2H3. The summed E-state index contributed by atoms with van der Waals surface area (Å²) < 4.78 is 12.5. The lowest BCUT2D eigenvalue weighted by molar-refractivity contribution is 0.666. The summed E-state index contributed by atoms with van der Waals surface area (Å²) in [5.74, 6) is 0.202. The molecule has 1 aliphatic carbocycles. The molecule has 0 nitrogen and oxygen atoms in total. The molecule has 0 saturated heterocycles. The predicted octanol–water partition coefficient (Wildman–Crippen LogP) is 2.99. The molecule has 1 atom stereocenters. The van der Waals surface area contributed by atoms with Gasteiger partial charge in [0, 0.05) is 0 Å². The summed E-state index contributed by atoms with van der Waals surface area (Å²) in [6.07, 6.45) is 6.69. The Labute approximate surface area is 60.7 Å². The molecule has 0 N–H and O–H groups in total. The van der Waals surface area contributed by atoms with Crippen LogP contribution in [0.25, 0.3) is 0 Å². The number of hydrogen-bond acceptors (Lipinski definition) is 0. The second-order valence-corrected chi connectivity index (χ2v) is 2.61. The van der Waals surface area contributed by atoms with E-state index >= 15 is 0 Å². The maximum atomic E-state index is 12.5. The van der Waals surface area contributed by atoms with Crippen molar-refractivity contribution in [1.29, 1.82) is 0 Å². The summed E-state index contributed by atoms with van der Waals surface area (Å²) in [6, 6.07) is 0. The molecule has 0 aromatic heterocycles. The molecule has 1 rings (SSSR count). The average Bonchev–Trinajstić information content (AvgIpc) is 2.04. The molecule has 0 spiro atoms. The fourth-order valence-corrected chi connectivity index (χ4v) is 0.806. The number of allylic oxidation sites excluding steroid dienone is 6. The lowest BCUT2D eigenvalue weighted by Gasteiger charge is -2.02. The molecule has 10 heavy (non-hydrogen) atoms. The molecule has 0 fully saturated rings. The van der Waals surface area contributed by atoms with Crippen molar-refractivity contribution in [2.24, 2.45) is 5.92 Å². The van der Waals surface area contributed by atoms with E-state index in [1.165, 1.54) is 17.7 Å². The second-order valence-electron chi connectivity index (χ2n) is 2.61. The van der Waals surface area contributed by atoms with Crippen LogP contribution in [0, 0.1) is 5.92 Å². The lowest BCUT2D eigenvalue weighted by Crippen LogP contribution is -1.88. The first-order valence-electron chi connectivity index (χ1n) is 3.42. The van der Waals surface area contributed by atoms with Crippen molar-refractivity contribution in [2.75, 3.05) is 0 Å². The first-order chi connectivity index (χ1) is 4.70. The Morgan fingerprint density at radius 1 is 1.40 bits per heavy atom. The van der Waals surface area contributed by atoms with Crippen molar-refractivity contribution in [3.63, 3.8) is 0 Å². The van der Waals surface area contributed by atoms with Crippen molar-refractivity contribution in [1.82, 2.24) is 0 Å². The van der Waals surface area contributed by atoms with Crippen molar-refractivity contribution in [3.8, 4) is 0 Å². The molecular formula is C9H11F. The van der Waals surface area contributed by atoms with Crippen LogP contribution in [0.3, 0.4) is 0 Å². The Kier molecular flexibility index (Phi) is 2.05. The molecule has 1 heteroatoms. The summed E-state index contributed by atoms with van der Waals surface area (Å²) in [4.78, 5) is 0. The van der Waals surface area contributed by atoms with Crippen LogP contribution in [0.4, 0.5) is 4.39 Å². The van der Waals surface area contributed by atoms with Crippen LogP contribution in [0.15, 0.2) is 35.7 Å². The molecule has 0 bridgehead atoms. The van der Waals surface area contributed by atoms with Gasteiger partial charge in [-0.25, -0.2) is 4.39 Å². The zero-order valence-corrected chi connectivity index (χ0v) is 6.26. The first kappa shape index (κ1) is 7.26. The molecule has 0 aliphatic heterocycles. The van der Waals surface area contributed by atoms with E-state index in [-0.39, 0.29) is 5.83 Å². The minimum Gasteiger partial charge on any atom is -0.207 e. The highest BCUT2D eigenvalue weighted by atomic mass is 19.1. The third kappa shape index (κ3) is 1.56. The van der Waals surface area contributed by atoms with E-state index in [1.807, 2.05) is 19.1 Å². The summed E-state index contributed by atoms with van der Waals surface area (Å²) >= 11 is 0. The van der Waals surface area contributed by atoms with Crippen molar-refractivity contribution < 1.29 is 4.39 Å². The third-order valence-corrected chi connectivity index (χ3v) is 1.77. The quantitative estimate of drug-likeness (QED) is 0.482. The molecule has 0 amide bonds. The Hall–Kier alpha value is -0.850. The topological polar surface area (TPSA) is 0 Å². The second kappa shape index (κ2) is 2.82. The van der Waals surface area contributed by atoms with Crippen LogP contribution in [-0.2, 0) is 0 Å². The molecular weight excluding hydrogens is 127 g/mol. The van der Waals surface area contributed by atoms with E-state index < -0.39 is 0 Å². The Balaban J connectivity index is 2.88. The zero-order chi connectivity index (χ0) is 7.56. The maximum Gasteiger partial charge on any atom is 0.122 e. The monoisotopic (exact) mass is 138 g/mol. The normalized spacial score (nSPS) is 25.3. The van der Waals surface area contributed by atoms with E-state index in [0.29, 0.717) is 5.92 Å². The number of rotatable bonds is 0. The minimum atomic E-state index is -0.163. The largest absolute Gasteiger partial charge is 0.207 e. The van der Waals surface area contributed by atoms with E-state index in [1.54, 1.807) is 0 Å². The van der Waals surface area contributed by atoms with Gasteiger partial charge in [0.2, 0.25) is 0 Å². The zero-order valence-electron chi connectivity index (χ0n) is 6.26. The SMILES string of the molecule is CC1=CC=C(F)C=CC1C. The van der Waals surface area contributed by atoms with Crippen LogP contribution in [0.2, 0.25) is 0 Å². The summed E-state index contributed by atoms with van der Waals surface area (Å²) in [5.41, 5.74) is 1.20. The molecule has 1 unspecified atom stereocenters. The molecule has 0 heterocycles. The summed E-state index contributed by atoms with van der Waals surface area (Å²) in [6.45, 7) is 4.05. The van der Waals surface area contributed by atoms with Gasteiger partial charge in [-0.1, -0.05) is 24.6 Å². The third-order valence-electron chi connectivity index (χ3n) is 1.77. The highest BCUT2D eigenvalue weighted by Gasteiger charge is 2.01. The summed E-state index contributed by atoms with van der Waals surface area (Å²) in [5, 5.41) is 0. The van der Waals surface area contributed by atoms with Gasteiger partial charge >= 0.3 is 0 Å². The van der Waals surface area contributed by atoms with Gasteiger partial charge in [0.25, 0.3) is 0 Å². The van der Waals surface area contributed by atoms with Gasteiger partial charge in [-0.3, -0.25) is 0 Å². The van der Waals surface area contributed by atoms with Crippen molar-refractivity contribution in [3.05, 3.63) is 35.7 Å². The highest BCUT2D eigenvalue weighted by Crippen LogP contribution is 2.16. The fourth-order valence-electron chi connectivity index (χ4n) is 0.806. The molecule has 0 saturated carbocycles. The Morgan fingerprint density at radius 2 is 2.10 bits per heavy atom. The number of hydrogen-bond donors (Lipinski definition) is 0. The smallest absolute Gasteiger partial charge is 0.122 e. The maximum absolute atomic E-state index is 12.5. The fraction of sp³-hybridized carbons (Fsp3) is 0.333. The van der Waals surface area contributed by atoms with E-state index in [9.17, 15) is 4.39 Å². The molecule has 0 radical (unpaired) electrons. The molecule has 54 valence electrons. The lowest BCUT2D eigenvalue weighted by atomic mass is 10.0. The molecule has 0 aromatic carbocycles. The van der Waals surface area contributed by atoms with Crippen molar-refractivity contribution >= 4 is 0 Å². The van der Waals surface area contributed by atoms with Crippen LogP contribution in [0.5, 0.6) is 0 Å². The first-order valence-corrected chi connectivity index (χ1v) is 3.42. The Morgan fingerprint density at radius 3 is 2.80 bits per heavy atom. The van der Waals surface area contributed by atoms with Gasteiger partial charge in [0.15, 0.2) is 0 Å². The summed E-state index contributed by atoms with van der Waals surface area (Å²) in [7, 11) is 0. The average molecular weight is 138 g/mol. The molecule has 0 aromatic rings. The van der Waals surface area contributed by atoms with Gasteiger partial charge in [-0.2, -0.15) is 0 Å². The highest BCUT2D eigenvalue weighted by molar-refractivity contribution is 5.27.